The van der Waals surface area contributed by atoms with Gasteiger partial charge in [-0.15, -0.1) is 0 Å². The molecule has 2 nitrogen and oxygen atoms in total. The van der Waals surface area contributed by atoms with E-state index < -0.39 is 0 Å². The van der Waals surface area contributed by atoms with Crippen molar-refractivity contribution in [1.29, 1.82) is 0 Å². The van der Waals surface area contributed by atoms with Crippen LogP contribution in [-0.4, -0.2) is 18.0 Å². The maximum absolute atomic E-state index is 12.0. The molecule has 25 heavy (non-hydrogen) atoms. The predicted octanol–water partition coefficient (Wildman–Crippen LogP) is 4.39. The highest BCUT2D eigenvalue weighted by molar-refractivity contribution is 5.91. The summed E-state index contributed by atoms with van der Waals surface area (Å²) in [5, 5.41) is 0. The molecule has 0 aromatic rings. The van der Waals surface area contributed by atoms with Crippen LogP contribution in [0, 0.1) is 52.8 Å². The average molecular weight is 338 g/mol. The second-order valence-electron chi connectivity index (χ2n) is 10.8. The summed E-state index contributed by atoms with van der Waals surface area (Å²) in [5.74, 6) is 7.53. The van der Waals surface area contributed by atoms with Crippen molar-refractivity contribution < 1.29 is 9.53 Å². The number of carbonyl (C=O) groups is 1. The third-order valence-electron chi connectivity index (χ3n) is 10.3. The first-order chi connectivity index (χ1) is 12.1. The van der Waals surface area contributed by atoms with Crippen LogP contribution in [0.2, 0.25) is 0 Å². The summed E-state index contributed by atoms with van der Waals surface area (Å²) in [5.41, 5.74) is 2.32. The number of ether oxygens (including phenoxy) is 1. The number of ketones is 1. The minimum atomic E-state index is 0.260. The molecule has 0 N–H and O–H groups in total. The van der Waals surface area contributed by atoms with Gasteiger partial charge in [0.05, 0.1) is 5.60 Å². The molecule has 5 saturated carbocycles. The lowest BCUT2D eigenvalue weighted by Gasteiger charge is -2.57. The van der Waals surface area contributed by atoms with Crippen LogP contribution < -0.4 is 0 Å². The molecule has 134 valence electrons. The van der Waals surface area contributed by atoms with Crippen LogP contribution in [0.15, 0.2) is 11.6 Å². The standard InChI is InChI=1S/C23H30O2/c1-22-7-5-14-13-4-3-12(24)9-15(13)16-10-17(16)20(14)21(22)18-11-19(18)23(22)6-2-8-25-23/h9,13-14,16-21H,2-8,10-11H2,1H3/t13-,14?,16?,17?,18?,19?,20?,21?,22+,23+/m1/s1. The molecule has 6 aliphatic carbocycles. The second kappa shape index (κ2) is 4.26. The molecule has 1 saturated heterocycles. The number of rotatable bonds is 0. The highest BCUT2D eigenvalue weighted by Gasteiger charge is 2.78. The Hall–Kier alpha value is -0.630. The van der Waals surface area contributed by atoms with E-state index in [0.29, 0.717) is 11.2 Å². The van der Waals surface area contributed by atoms with E-state index in [0.717, 1.165) is 66.8 Å². The summed E-state index contributed by atoms with van der Waals surface area (Å²) >= 11 is 0. The largest absolute Gasteiger partial charge is 0.374 e. The zero-order valence-electron chi connectivity index (χ0n) is 15.4. The second-order valence-corrected chi connectivity index (χ2v) is 10.8. The molecule has 2 heteroatoms. The third-order valence-corrected chi connectivity index (χ3v) is 10.3. The Kier molecular flexibility index (Phi) is 2.46. The highest BCUT2D eigenvalue weighted by Crippen LogP contribution is 2.80. The van der Waals surface area contributed by atoms with Crippen molar-refractivity contribution in [2.24, 2.45) is 52.8 Å². The van der Waals surface area contributed by atoms with Crippen LogP contribution in [-0.2, 0) is 9.53 Å². The molecule has 7 aliphatic rings. The molecule has 0 bridgehead atoms. The molecule has 1 aliphatic heterocycles. The van der Waals surface area contributed by atoms with Crippen LogP contribution in [0.1, 0.15) is 58.3 Å². The van der Waals surface area contributed by atoms with Gasteiger partial charge in [0.1, 0.15) is 0 Å². The lowest BCUT2D eigenvalue weighted by Crippen LogP contribution is -2.55. The van der Waals surface area contributed by atoms with E-state index >= 15 is 0 Å². The van der Waals surface area contributed by atoms with Gasteiger partial charge in [0.2, 0.25) is 0 Å². The van der Waals surface area contributed by atoms with E-state index in [1.807, 2.05) is 0 Å². The minimum Gasteiger partial charge on any atom is -0.374 e. The van der Waals surface area contributed by atoms with Crippen LogP contribution in [0.3, 0.4) is 0 Å². The number of allylic oxidation sites excluding steroid dienone is 1. The number of hydrogen-bond acceptors (Lipinski definition) is 2. The fourth-order valence-corrected chi connectivity index (χ4v) is 9.49. The monoisotopic (exact) mass is 338 g/mol. The first-order valence-corrected chi connectivity index (χ1v) is 11.0. The molecule has 10 atom stereocenters. The summed E-state index contributed by atoms with van der Waals surface area (Å²) in [7, 11) is 0. The molecular formula is C23H30O2. The maximum atomic E-state index is 12.0. The zero-order valence-corrected chi connectivity index (χ0v) is 15.4. The van der Waals surface area contributed by atoms with Gasteiger partial charge in [-0.2, -0.15) is 0 Å². The highest BCUT2D eigenvalue weighted by atomic mass is 16.5. The van der Waals surface area contributed by atoms with E-state index in [1.54, 1.807) is 5.57 Å². The van der Waals surface area contributed by atoms with Gasteiger partial charge in [0.25, 0.3) is 0 Å². The fraction of sp³-hybridized carbons (Fsp3) is 0.870. The number of fused-ring (bicyclic) bond motifs is 12. The Labute approximate surface area is 150 Å². The van der Waals surface area contributed by atoms with Gasteiger partial charge >= 0.3 is 0 Å². The van der Waals surface area contributed by atoms with Gasteiger partial charge in [-0.25, -0.2) is 0 Å². The SMILES string of the molecule is C[C@]12CCC3C(C4CC4C4=CC(=O)CC[C@@H]43)C1C1CC1[C@@]21CCCO1. The molecule has 1 spiro atoms. The van der Waals surface area contributed by atoms with Crippen molar-refractivity contribution in [1.82, 2.24) is 0 Å². The summed E-state index contributed by atoms with van der Waals surface area (Å²) in [6.45, 7) is 3.65. The van der Waals surface area contributed by atoms with Gasteiger partial charge in [0.15, 0.2) is 5.78 Å². The lowest BCUT2D eigenvalue weighted by atomic mass is 9.49. The fourth-order valence-electron chi connectivity index (χ4n) is 9.49. The molecule has 7 unspecified atom stereocenters. The molecule has 7 rings (SSSR count). The van der Waals surface area contributed by atoms with Crippen LogP contribution in [0.5, 0.6) is 0 Å². The Bertz CT molecular complexity index is 701. The summed E-state index contributed by atoms with van der Waals surface area (Å²) in [4.78, 5) is 12.0. The van der Waals surface area contributed by atoms with Gasteiger partial charge < -0.3 is 4.74 Å². The summed E-state index contributed by atoms with van der Waals surface area (Å²) in [6, 6.07) is 0. The Morgan fingerprint density at radius 1 is 1.08 bits per heavy atom. The predicted molar refractivity (Wildman–Crippen MR) is 94.7 cm³/mol. The molecule has 0 aromatic carbocycles. The summed E-state index contributed by atoms with van der Waals surface area (Å²) in [6.07, 6.45) is 12.4. The first kappa shape index (κ1) is 14.4. The van der Waals surface area contributed by atoms with Crippen LogP contribution in [0.25, 0.3) is 0 Å². The first-order valence-electron chi connectivity index (χ1n) is 11.0. The molecule has 0 amide bonds. The molecular weight excluding hydrogens is 308 g/mol. The van der Waals surface area contributed by atoms with Crippen molar-refractivity contribution in [2.75, 3.05) is 6.61 Å². The number of carbonyl (C=O) groups excluding carboxylic acids is 1. The topological polar surface area (TPSA) is 26.3 Å². The van der Waals surface area contributed by atoms with E-state index in [-0.39, 0.29) is 5.60 Å². The van der Waals surface area contributed by atoms with Crippen molar-refractivity contribution in [3.05, 3.63) is 11.6 Å². The smallest absolute Gasteiger partial charge is 0.155 e. The Morgan fingerprint density at radius 3 is 2.84 bits per heavy atom. The van der Waals surface area contributed by atoms with Crippen molar-refractivity contribution in [3.63, 3.8) is 0 Å². The normalized spacial score (nSPS) is 63.2. The van der Waals surface area contributed by atoms with Crippen molar-refractivity contribution in [3.8, 4) is 0 Å². The van der Waals surface area contributed by atoms with E-state index in [4.69, 9.17) is 4.74 Å². The van der Waals surface area contributed by atoms with Gasteiger partial charge in [-0.3, -0.25) is 4.79 Å². The average Bonchev–Trinajstić information content (AvgIpc) is 3.50. The van der Waals surface area contributed by atoms with Crippen LogP contribution >= 0.6 is 0 Å². The number of hydrogen-bond donors (Lipinski definition) is 0. The van der Waals surface area contributed by atoms with E-state index in [2.05, 4.69) is 13.0 Å². The molecule has 0 aromatic heterocycles. The lowest BCUT2D eigenvalue weighted by molar-refractivity contribution is -0.150. The van der Waals surface area contributed by atoms with E-state index in [1.165, 1.54) is 38.5 Å². The van der Waals surface area contributed by atoms with Gasteiger partial charge in [0, 0.05) is 18.4 Å². The molecule has 1 heterocycles. The maximum Gasteiger partial charge on any atom is 0.155 e. The Morgan fingerprint density at radius 2 is 2.00 bits per heavy atom. The van der Waals surface area contributed by atoms with Gasteiger partial charge in [-0.1, -0.05) is 12.5 Å². The minimum absolute atomic E-state index is 0.260. The zero-order chi connectivity index (χ0) is 16.6. The van der Waals surface area contributed by atoms with E-state index in [9.17, 15) is 4.79 Å². The Balaban J connectivity index is 1.31. The van der Waals surface area contributed by atoms with Crippen molar-refractivity contribution >= 4 is 5.78 Å². The van der Waals surface area contributed by atoms with Gasteiger partial charge in [-0.05, 0) is 98.4 Å². The summed E-state index contributed by atoms with van der Waals surface area (Å²) < 4.78 is 6.62. The quantitative estimate of drug-likeness (QED) is 0.655. The molecule has 6 fully saturated rings. The molecule has 0 radical (unpaired) electrons. The van der Waals surface area contributed by atoms with Crippen molar-refractivity contribution in [2.45, 2.75) is 63.9 Å². The third kappa shape index (κ3) is 1.50. The van der Waals surface area contributed by atoms with Crippen LogP contribution in [0.4, 0.5) is 0 Å².